The Balaban J connectivity index is 2.44. The molecule has 0 heterocycles. The Hall–Kier alpha value is -0.130. The number of sulfonamides is 1. The van der Waals surface area contributed by atoms with Crippen molar-refractivity contribution in [1.29, 1.82) is 0 Å². The topological polar surface area (TPSA) is 57.6 Å². The normalized spacial score (nSPS) is 18.9. The largest absolute Gasteiger partial charge is 0.396 e. The lowest BCUT2D eigenvalue weighted by molar-refractivity contribution is 0.286. The molecule has 5 heteroatoms. The first-order chi connectivity index (χ1) is 7.08. The number of hydrogen-bond donors (Lipinski definition) is 1. The predicted octanol–water partition coefficient (Wildman–Crippen LogP) is 0.963. The number of rotatable bonds is 6. The van der Waals surface area contributed by atoms with E-state index in [0.717, 1.165) is 25.7 Å². The third-order valence-corrected chi connectivity index (χ3v) is 5.07. The van der Waals surface area contributed by atoms with Crippen molar-refractivity contribution in [3.05, 3.63) is 0 Å². The molecule has 0 aliphatic heterocycles. The van der Waals surface area contributed by atoms with Crippen LogP contribution in [-0.4, -0.2) is 43.3 Å². The van der Waals surface area contributed by atoms with Crippen LogP contribution in [0.1, 0.15) is 38.5 Å². The van der Waals surface area contributed by atoms with E-state index >= 15 is 0 Å². The smallest absolute Gasteiger partial charge is 0.214 e. The fourth-order valence-electron chi connectivity index (χ4n) is 2.04. The van der Waals surface area contributed by atoms with Gasteiger partial charge in [-0.25, -0.2) is 12.7 Å². The lowest BCUT2D eigenvalue weighted by Crippen LogP contribution is -2.36. The average molecular weight is 235 g/mol. The zero-order valence-electron chi connectivity index (χ0n) is 9.35. The van der Waals surface area contributed by atoms with E-state index in [1.165, 1.54) is 4.31 Å². The fourth-order valence-corrected chi connectivity index (χ4v) is 3.56. The summed E-state index contributed by atoms with van der Waals surface area (Å²) in [7, 11) is -1.41. The summed E-state index contributed by atoms with van der Waals surface area (Å²) in [5.41, 5.74) is 0. The van der Waals surface area contributed by atoms with Crippen molar-refractivity contribution in [3.8, 4) is 0 Å². The molecule has 0 atom stereocenters. The molecule has 1 fully saturated rings. The van der Waals surface area contributed by atoms with E-state index in [2.05, 4.69) is 0 Å². The van der Waals surface area contributed by atoms with E-state index in [0.29, 0.717) is 12.8 Å². The molecular weight excluding hydrogens is 214 g/mol. The van der Waals surface area contributed by atoms with Gasteiger partial charge in [0.25, 0.3) is 0 Å². The van der Waals surface area contributed by atoms with E-state index in [9.17, 15) is 8.42 Å². The molecule has 1 rings (SSSR count). The molecule has 0 unspecified atom stereocenters. The van der Waals surface area contributed by atoms with Gasteiger partial charge in [0.2, 0.25) is 10.0 Å². The van der Waals surface area contributed by atoms with Crippen LogP contribution >= 0.6 is 0 Å². The molecule has 0 aromatic carbocycles. The van der Waals surface area contributed by atoms with Crippen LogP contribution in [-0.2, 0) is 10.0 Å². The summed E-state index contributed by atoms with van der Waals surface area (Å²) in [4.78, 5) is 0. The second kappa shape index (κ2) is 5.82. The monoisotopic (exact) mass is 235 g/mol. The quantitative estimate of drug-likeness (QED) is 0.698. The molecule has 1 aliphatic rings. The maximum absolute atomic E-state index is 11.8. The summed E-state index contributed by atoms with van der Waals surface area (Å²) in [6, 6.07) is 0.212. The van der Waals surface area contributed by atoms with Crippen LogP contribution in [0.5, 0.6) is 0 Å². The number of aliphatic hydroxyl groups excluding tert-OH is 1. The third kappa shape index (κ3) is 3.74. The average Bonchev–Trinajstić information content (AvgIpc) is 2.69. The van der Waals surface area contributed by atoms with Gasteiger partial charge < -0.3 is 5.11 Å². The Bertz CT molecular complexity index is 270. The minimum atomic E-state index is -3.09. The molecule has 0 radical (unpaired) electrons. The summed E-state index contributed by atoms with van der Waals surface area (Å²) in [5.74, 6) is 0.167. The number of hydrogen-bond acceptors (Lipinski definition) is 3. The molecule has 0 aromatic rings. The molecule has 1 N–H and O–H groups in total. The van der Waals surface area contributed by atoms with Crippen LogP contribution in [0, 0.1) is 0 Å². The number of nitrogens with zero attached hydrogens (tertiary/aromatic N) is 1. The maximum Gasteiger partial charge on any atom is 0.214 e. The molecule has 1 saturated carbocycles. The van der Waals surface area contributed by atoms with Gasteiger partial charge in [-0.3, -0.25) is 0 Å². The highest BCUT2D eigenvalue weighted by Gasteiger charge is 2.27. The Morgan fingerprint density at radius 1 is 1.27 bits per heavy atom. The summed E-state index contributed by atoms with van der Waals surface area (Å²) < 4.78 is 25.2. The molecule has 1 aliphatic carbocycles. The lowest BCUT2D eigenvalue weighted by atomic mass is 10.3. The van der Waals surface area contributed by atoms with E-state index in [-0.39, 0.29) is 18.4 Å². The zero-order chi connectivity index (χ0) is 11.3. The molecule has 4 nitrogen and oxygen atoms in total. The first kappa shape index (κ1) is 12.9. The van der Waals surface area contributed by atoms with Crippen LogP contribution < -0.4 is 0 Å². The van der Waals surface area contributed by atoms with Gasteiger partial charge in [-0.1, -0.05) is 12.8 Å². The summed E-state index contributed by atoms with van der Waals surface area (Å²) in [5, 5.41) is 8.60. The standard InChI is InChI=1S/C10H21NO3S/c1-11(10-6-2-3-7-10)15(13,14)9-5-4-8-12/h10,12H,2-9H2,1H3. The lowest BCUT2D eigenvalue weighted by Gasteiger charge is -2.23. The Morgan fingerprint density at radius 3 is 2.40 bits per heavy atom. The highest BCUT2D eigenvalue weighted by Crippen LogP contribution is 2.24. The van der Waals surface area contributed by atoms with Gasteiger partial charge in [0.15, 0.2) is 0 Å². The molecule has 90 valence electrons. The zero-order valence-corrected chi connectivity index (χ0v) is 10.2. The van der Waals surface area contributed by atoms with Crippen molar-refractivity contribution >= 4 is 10.0 Å². The van der Waals surface area contributed by atoms with Crippen molar-refractivity contribution < 1.29 is 13.5 Å². The highest BCUT2D eigenvalue weighted by molar-refractivity contribution is 7.89. The second-order valence-electron chi connectivity index (χ2n) is 4.20. The van der Waals surface area contributed by atoms with Gasteiger partial charge in [-0.05, 0) is 25.7 Å². The van der Waals surface area contributed by atoms with E-state index in [1.54, 1.807) is 7.05 Å². The summed E-state index contributed by atoms with van der Waals surface area (Å²) >= 11 is 0. The SMILES string of the molecule is CN(C1CCCC1)S(=O)(=O)CCCCO. The van der Waals surface area contributed by atoms with Crippen molar-refractivity contribution in [2.45, 2.75) is 44.6 Å². The van der Waals surface area contributed by atoms with Gasteiger partial charge in [-0.15, -0.1) is 0 Å². The number of aliphatic hydroxyl groups is 1. The minimum absolute atomic E-state index is 0.0721. The van der Waals surface area contributed by atoms with Crippen LogP contribution in [0.3, 0.4) is 0 Å². The van der Waals surface area contributed by atoms with Crippen LogP contribution in [0.4, 0.5) is 0 Å². The van der Waals surface area contributed by atoms with Crippen molar-refractivity contribution in [1.82, 2.24) is 4.31 Å². The predicted molar refractivity (Wildman–Crippen MR) is 60.1 cm³/mol. The van der Waals surface area contributed by atoms with Crippen molar-refractivity contribution in [2.75, 3.05) is 19.4 Å². The highest BCUT2D eigenvalue weighted by atomic mass is 32.2. The first-order valence-electron chi connectivity index (χ1n) is 5.64. The maximum atomic E-state index is 11.8. The molecular formula is C10H21NO3S. The van der Waals surface area contributed by atoms with Gasteiger partial charge in [0.05, 0.1) is 5.75 Å². The molecule has 0 aromatic heterocycles. The number of unbranched alkanes of at least 4 members (excludes halogenated alkanes) is 1. The van der Waals surface area contributed by atoms with Gasteiger partial charge >= 0.3 is 0 Å². The molecule has 15 heavy (non-hydrogen) atoms. The van der Waals surface area contributed by atoms with Crippen molar-refractivity contribution in [2.24, 2.45) is 0 Å². The minimum Gasteiger partial charge on any atom is -0.396 e. The van der Waals surface area contributed by atoms with E-state index < -0.39 is 10.0 Å². The van der Waals surface area contributed by atoms with Crippen molar-refractivity contribution in [3.63, 3.8) is 0 Å². The van der Waals surface area contributed by atoms with E-state index in [4.69, 9.17) is 5.11 Å². The Morgan fingerprint density at radius 2 is 1.87 bits per heavy atom. The Labute approximate surface area is 92.3 Å². The van der Waals surface area contributed by atoms with E-state index in [1.807, 2.05) is 0 Å². The van der Waals surface area contributed by atoms with Gasteiger partial charge in [0.1, 0.15) is 0 Å². The van der Waals surface area contributed by atoms with Gasteiger partial charge in [0, 0.05) is 19.7 Å². The molecule has 0 spiro atoms. The third-order valence-electron chi connectivity index (χ3n) is 3.09. The van der Waals surface area contributed by atoms with Crippen LogP contribution in [0.2, 0.25) is 0 Å². The Kier molecular flexibility index (Phi) is 5.02. The first-order valence-corrected chi connectivity index (χ1v) is 7.25. The van der Waals surface area contributed by atoms with Crippen LogP contribution in [0.15, 0.2) is 0 Å². The molecule has 0 bridgehead atoms. The van der Waals surface area contributed by atoms with Crippen LogP contribution in [0.25, 0.3) is 0 Å². The summed E-state index contributed by atoms with van der Waals surface area (Å²) in [6.45, 7) is 0.0721. The molecule has 0 saturated heterocycles. The van der Waals surface area contributed by atoms with Gasteiger partial charge in [-0.2, -0.15) is 0 Å². The second-order valence-corrected chi connectivity index (χ2v) is 6.35. The summed E-state index contributed by atoms with van der Waals surface area (Å²) in [6.07, 6.45) is 5.39. The fraction of sp³-hybridized carbons (Fsp3) is 1.00. The molecule has 0 amide bonds.